The second kappa shape index (κ2) is 5.58. The summed E-state index contributed by atoms with van der Waals surface area (Å²) >= 11 is 0. The second-order valence-electron chi connectivity index (χ2n) is 3.62. The largest absolute Gasteiger partial charge is 0.361 e. The fraction of sp³-hybridized carbons (Fsp3) is 0. The predicted molar refractivity (Wildman–Crippen MR) is 68.5 cm³/mol. The van der Waals surface area contributed by atoms with E-state index in [4.69, 9.17) is 5.73 Å². The van der Waals surface area contributed by atoms with Gasteiger partial charge < -0.3 is 10.3 Å². The number of nitrogens with two attached hydrogens (primary N) is 1. The Morgan fingerprint density at radius 3 is 2.63 bits per heavy atom. The molecule has 0 aliphatic heterocycles. The number of aromatic nitrogens is 2. The van der Waals surface area contributed by atoms with Crippen LogP contribution in [0.25, 0.3) is 5.69 Å². The van der Waals surface area contributed by atoms with Crippen molar-refractivity contribution in [1.82, 2.24) is 15.0 Å². The van der Waals surface area contributed by atoms with Gasteiger partial charge in [-0.1, -0.05) is 12.1 Å². The summed E-state index contributed by atoms with van der Waals surface area (Å²) in [6.07, 6.45) is 6.62. The molecule has 2 rings (SSSR count). The number of nitrogens with one attached hydrogen (secondary N) is 1. The smallest absolute Gasteiger partial charge is 0.329 e. The standard InChI is InChI=1S/C12H11N5O2/c13-11(18)12(19)16-15-7-9-1-3-10(4-2-9)17-6-5-14-8-17/h1-8H,(H2,13,18)(H,16,19)/b15-7+. The van der Waals surface area contributed by atoms with Crippen LogP contribution in [-0.2, 0) is 9.59 Å². The Labute approximate surface area is 108 Å². The summed E-state index contributed by atoms with van der Waals surface area (Å²) in [5, 5.41) is 3.61. The highest BCUT2D eigenvalue weighted by Gasteiger charge is 2.05. The zero-order chi connectivity index (χ0) is 13.7. The van der Waals surface area contributed by atoms with Crippen molar-refractivity contribution in [2.24, 2.45) is 10.8 Å². The second-order valence-corrected chi connectivity index (χ2v) is 3.62. The maximum absolute atomic E-state index is 10.8. The first-order valence-corrected chi connectivity index (χ1v) is 5.38. The first-order chi connectivity index (χ1) is 9.16. The number of hydrogen-bond acceptors (Lipinski definition) is 4. The lowest BCUT2D eigenvalue weighted by atomic mass is 10.2. The van der Waals surface area contributed by atoms with E-state index >= 15 is 0 Å². The number of carbonyl (C=O) groups excluding carboxylic acids is 2. The molecule has 19 heavy (non-hydrogen) atoms. The molecule has 1 heterocycles. The molecule has 96 valence electrons. The lowest BCUT2D eigenvalue weighted by Gasteiger charge is -2.01. The molecule has 1 aromatic carbocycles. The summed E-state index contributed by atoms with van der Waals surface area (Å²) in [4.78, 5) is 25.2. The zero-order valence-electron chi connectivity index (χ0n) is 9.85. The molecule has 0 atom stereocenters. The number of carbonyl (C=O) groups is 2. The summed E-state index contributed by atoms with van der Waals surface area (Å²) in [5.74, 6) is -2.03. The van der Waals surface area contributed by atoms with Crippen LogP contribution in [0.4, 0.5) is 0 Å². The summed E-state index contributed by atoms with van der Waals surface area (Å²) in [6.45, 7) is 0. The van der Waals surface area contributed by atoms with Crippen LogP contribution in [0, 0.1) is 0 Å². The van der Waals surface area contributed by atoms with Gasteiger partial charge in [0.2, 0.25) is 0 Å². The number of amides is 2. The molecule has 0 aliphatic rings. The average molecular weight is 257 g/mol. The van der Waals surface area contributed by atoms with Crippen molar-refractivity contribution in [1.29, 1.82) is 0 Å². The van der Waals surface area contributed by atoms with E-state index in [1.807, 2.05) is 40.5 Å². The summed E-state index contributed by atoms with van der Waals surface area (Å²) in [7, 11) is 0. The number of hydrazone groups is 1. The molecule has 0 spiro atoms. The molecule has 0 bridgehead atoms. The van der Waals surface area contributed by atoms with Crippen molar-refractivity contribution in [3.63, 3.8) is 0 Å². The van der Waals surface area contributed by atoms with E-state index in [9.17, 15) is 9.59 Å². The van der Waals surface area contributed by atoms with Crippen molar-refractivity contribution in [3.8, 4) is 5.69 Å². The van der Waals surface area contributed by atoms with Crippen LogP contribution in [0.15, 0.2) is 48.1 Å². The minimum atomic E-state index is -1.08. The molecule has 0 radical (unpaired) electrons. The number of imidazole rings is 1. The van der Waals surface area contributed by atoms with E-state index in [0.717, 1.165) is 11.3 Å². The fourth-order valence-corrected chi connectivity index (χ4v) is 1.36. The van der Waals surface area contributed by atoms with Crippen LogP contribution in [0.5, 0.6) is 0 Å². The Morgan fingerprint density at radius 1 is 1.32 bits per heavy atom. The van der Waals surface area contributed by atoms with Crippen LogP contribution in [0.1, 0.15) is 5.56 Å². The Kier molecular flexibility index (Phi) is 3.67. The van der Waals surface area contributed by atoms with Crippen LogP contribution >= 0.6 is 0 Å². The summed E-state index contributed by atoms with van der Waals surface area (Å²) < 4.78 is 1.86. The van der Waals surface area contributed by atoms with E-state index in [1.165, 1.54) is 6.21 Å². The molecule has 2 amide bonds. The molecule has 7 heteroatoms. The topological polar surface area (TPSA) is 102 Å². The monoisotopic (exact) mass is 257 g/mol. The van der Waals surface area contributed by atoms with Crippen molar-refractivity contribution in [3.05, 3.63) is 48.5 Å². The van der Waals surface area contributed by atoms with Gasteiger partial charge in [0.25, 0.3) is 0 Å². The van der Waals surface area contributed by atoms with Gasteiger partial charge in [-0.3, -0.25) is 9.59 Å². The van der Waals surface area contributed by atoms with Gasteiger partial charge in [-0.25, -0.2) is 10.4 Å². The Morgan fingerprint density at radius 2 is 2.05 bits per heavy atom. The molecule has 7 nitrogen and oxygen atoms in total. The molecular weight excluding hydrogens is 246 g/mol. The van der Waals surface area contributed by atoms with Crippen molar-refractivity contribution in [2.75, 3.05) is 0 Å². The molecular formula is C12H11N5O2. The molecule has 0 unspecified atom stereocenters. The molecule has 3 N–H and O–H groups in total. The lowest BCUT2D eigenvalue weighted by Crippen LogP contribution is -2.32. The molecule has 2 aromatic rings. The van der Waals surface area contributed by atoms with E-state index < -0.39 is 11.8 Å². The fourth-order valence-electron chi connectivity index (χ4n) is 1.36. The van der Waals surface area contributed by atoms with Gasteiger partial charge in [-0.15, -0.1) is 0 Å². The van der Waals surface area contributed by atoms with Crippen LogP contribution in [-0.4, -0.2) is 27.6 Å². The van der Waals surface area contributed by atoms with E-state index in [-0.39, 0.29) is 0 Å². The van der Waals surface area contributed by atoms with Crippen molar-refractivity contribution < 1.29 is 9.59 Å². The van der Waals surface area contributed by atoms with Crippen molar-refractivity contribution in [2.45, 2.75) is 0 Å². The number of benzene rings is 1. The third-order valence-electron chi connectivity index (χ3n) is 2.30. The molecule has 0 aliphatic carbocycles. The van der Waals surface area contributed by atoms with Gasteiger partial charge in [0.15, 0.2) is 0 Å². The van der Waals surface area contributed by atoms with Gasteiger partial charge in [0, 0.05) is 18.1 Å². The highest BCUT2D eigenvalue weighted by atomic mass is 16.2. The zero-order valence-corrected chi connectivity index (χ0v) is 9.85. The van der Waals surface area contributed by atoms with Gasteiger partial charge in [0.1, 0.15) is 0 Å². The quantitative estimate of drug-likeness (QED) is 0.452. The Bertz CT molecular complexity index is 602. The van der Waals surface area contributed by atoms with Crippen LogP contribution in [0.3, 0.4) is 0 Å². The SMILES string of the molecule is NC(=O)C(=O)N/N=C/c1ccc(-n2ccnc2)cc1. The third kappa shape index (κ3) is 3.25. The van der Waals surface area contributed by atoms with E-state index in [2.05, 4.69) is 10.1 Å². The van der Waals surface area contributed by atoms with Crippen LogP contribution < -0.4 is 11.2 Å². The summed E-state index contributed by atoms with van der Waals surface area (Å²) in [5.41, 5.74) is 8.50. The number of hydrogen-bond donors (Lipinski definition) is 2. The molecule has 1 aromatic heterocycles. The molecule has 0 saturated heterocycles. The van der Waals surface area contributed by atoms with E-state index in [1.54, 1.807) is 12.5 Å². The Hall–Kier alpha value is -2.96. The third-order valence-corrected chi connectivity index (χ3v) is 2.30. The number of primary amides is 1. The highest BCUT2D eigenvalue weighted by molar-refractivity contribution is 6.34. The average Bonchev–Trinajstić information content (AvgIpc) is 2.93. The minimum absolute atomic E-state index is 0.772. The predicted octanol–water partition coefficient (Wildman–Crippen LogP) is -0.192. The van der Waals surface area contributed by atoms with Gasteiger partial charge >= 0.3 is 11.8 Å². The van der Waals surface area contributed by atoms with E-state index in [0.29, 0.717) is 0 Å². The minimum Gasteiger partial charge on any atom is -0.361 e. The maximum Gasteiger partial charge on any atom is 0.329 e. The first-order valence-electron chi connectivity index (χ1n) is 5.38. The molecule has 0 saturated carbocycles. The Balaban J connectivity index is 2.01. The lowest BCUT2D eigenvalue weighted by molar-refractivity contribution is -0.137. The summed E-state index contributed by atoms with van der Waals surface area (Å²) in [6, 6.07) is 7.38. The van der Waals surface area contributed by atoms with Gasteiger partial charge in [-0.05, 0) is 17.7 Å². The first kappa shape index (κ1) is 12.5. The van der Waals surface area contributed by atoms with Gasteiger partial charge in [-0.2, -0.15) is 5.10 Å². The van der Waals surface area contributed by atoms with Crippen LogP contribution in [0.2, 0.25) is 0 Å². The van der Waals surface area contributed by atoms with Gasteiger partial charge in [0.05, 0.1) is 12.5 Å². The van der Waals surface area contributed by atoms with Crippen molar-refractivity contribution >= 4 is 18.0 Å². The highest BCUT2D eigenvalue weighted by Crippen LogP contribution is 2.07. The molecule has 0 fully saturated rings. The number of rotatable bonds is 3. The normalized spacial score (nSPS) is 10.5. The number of nitrogens with zero attached hydrogens (tertiary/aromatic N) is 3. The maximum atomic E-state index is 10.8.